The Balaban J connectivity index is 2.13. The van der Waals surface area contributed by atoms with E-state index in [1.807, 2.05) is 42.5 Å². The van der Waals surface area contributed by atoms with Gasteiger partial charge in [0.1, 0.15) is 0 Å². The third-order valence-corrected chi connectivity index (χ3v) is 3.91. The molecule has 0 aliphatic rings. The molecule has 128 valence electrons. The molecule has 0 heterocycles. The van der Waals surface area contributed by atoms with Gasteiger partial charge in [0.05, 0.1) is 25.0 Å². The van der Waals surface area contributed by atoms with Gasteiger partial charge in [0.25, 0.3) is 5.91 Å². The first kappa shape index (κ1) is 18.2. The van der Waals surface area contributed by atoms with Crippen molar-refractivity contribution in [1.29, 1.82) is 5.26 Å². The van der Waals surface area contributed by atoms with Crippen LogP contribution in [-0.2, 0) is 4.79 Å². The normalized spacial score (nSPS) is 11.2. The maximum atomic E-state index is 12.5. The predicted octanol–water partition coefficient (Wildman–Crippen LogP) is 2.92. The summed E-state index contributed by atoms with van der Waals surface area (Å²) in [6.45, 7) is 0.378. The summed E-state index contributed by atoms with van der Waals surface area (Å²) in [5.41, 5.74) is 1.42. The van der Waals surface area contributed by atoms with E-state index in [0.29, 0.717) is 12.1 Å². The lowest BCUT2D eigenvalue weighted by Gasteiger charge is -2.22. The first-order valence-electron chi connectivity index (χ1n) is 8.13. The van der Waals surface area contributed by atoms with Crippen molar-refractivity contribution >= 4 is 11.8 Å². The standard InChI is InChI=1S/C20H21N3O2/c1-23(14-8-13-21)19(24)15-18(16-9-4-2-5-10-16)22-20(25)17-11-6-3-7-12-17/h2-7,9-12,18H,8,14-15H2,1H3,(H,22,25). The molecule has 0 spiro atoms. The molecule has 1 atom stereocenters. The number of nitriles is 1. The smallest absolute Gasteiger partial charge is 0.251 e. The first-order valence-corrected chi connectivity index (χ1v) is 8.13. The van der Waals surface area contributed by atoms with E-state index < -0.39 is 6.04 Å². The van der Waals surface area contributed by atoms with Crippen LogP contribution in [0.1, 0.15) is 34.8 Å². The SMILES string of the molecule is CN(CCC#N)C(=O)CC(NC(=O)c1ccccc1)c1ccccc1. The zero-order chi connectivity index (χ0) is 18.1. The molecule has 2 amide bonds. The Morgan fingerprint density at radius 3 is 2.28 bits per heavy atom. The van der Waals surface area contributed by atoms with E-state index in [4.69, 9.17) is 5.26 Å². The van der Waals surface area contributed by atoms with Crippen molar-refractivity contribution in [2.75, 3.05) is 13.6 Å². The number of nitrogens with zero attached hydrogens (tertiary/aromatic N) is 2. The van der Waals surface area contributed by atoms with Gasteiger partial charge in [0.2, 0.25) is 5.91 Å². The molecule has 1 N–H and O–H groups in total. The second kappa shape index (κ2) is 9.24. The molecule has 0 radical (unpaired) electrons. The number of amides is 2. The van der Waals surface area contributed by atoms with Crippen LogP contribution in [0.5, 0.6) is 0 Å². The molecule has 0 aliphatic carbocycles. The van der Waals surface area contributed by atoms with E-state index in [-0.39, 0.29) is 24.7 Å². The molecular formula is C20H21N3O2. The summed E-state index contributed by atoms with van der Waals surface area (Å²) in [6.07, 6.45) is 0.430. The molecule has 0 bridgehead atoms. The molecule has 0 saturated heterocycles. The van der Waals surface area contributed by atoms with Gasteiger partial charge in [0.15, 0.2) is 0 Å². The summed E-state index contributed by atoms with van der Waals surface area (Å²) in [7, 11) is 1.67. The van der Waals surface area contributed by atoms with Crippen molar-refractivity contribution < 1.29 is 9.59 Å². The number of rotatable bonds is 7. The summed E-state index contributed by atoms with van der Waals surface area (Å²) in [4.78, 5) is 26.4. The van der Waals surface area contributed by atoms with Crippen LogP contribution in [0.25, 0.3) is 0 Å². The Hall–Kier alpha value is -3.13. The van der Waals surface area contributed by atoms with Gasteiger partial charge in [-0.05, 0) is 17.7 Å². The summed E-state index contributed by atoms with van der Waals surface area (Å²) in [6, 6.07) is 19.9. The average molecular weight is 335 g/mol. The van der Waals surface area contributed by atoms with Crippen LogP contribution in [0, 0.1) is 11.3 Å². The quantitative estimate of drug-likeness (QED) is 0.845. The molecule has 5 nitrogen and oxygen atoms in total. The summed E-state index contributed by atoms with van der Waals surface area (Å²) in [5.74, 6) is -0.334. The van der Waals surface area contributed by atoms with Crippen molar-refractivity contribution in [3.05, 3.63) is 71.8 Å². The lowest BCUT2D eigenvalue weighted by atomic mass is 10.0. The Labute approximate surface area is 147 Å². The van der Waals surface area contributed by atoms with Crippen molar-refractivity contribution in [3.8, 4) is 6.07 Å². The van der Waals surface area contributed by atoms with Crippen LogP contribution in [0.15, 0.2) is 60.7 Å². The minimum absolute atomic E-state index is 0.113. The van der Waals surface area contributed by atoms with Gasteiger partial charge >= 0.3 is 0 Å². The third-order valence-electron chi connectivity index (χ3n) is 3.91. The van der Waals surface area contributed by atoms with Gasteiger partial charge in [-0.1, -0.05) is 48.5 Å². The maximum absolute atomic E-state index is 12.5. The number of hydrogen-bond acceptors (Lipinski definition) is 3. The number of benzene rings is 2. The van der Waals surface area contributed by atoms with Crippen LogP contribution < -0.4 is 5.32 Å². The molecule has 1 unspecified atom stereocenters. The molecule has 25 heavy (non-hydrogen) atoms. The van der Waals surface area contributed by atoms with Gasteiger partial charge in [-0.15, -0.1) is 0 Å². The first-order chi connectivity index (χ1) is 12.1. The van der Waals surface area contributed by atoms with E-state index in [0.717, 1.165) is 5.56 Å². The second-order valence-electron chi connectivity index (χ2n) is 5.73. The van der Waals surface area contributed by atoms with Crippen molar-refractivity contribution in [3.63, 3.8) is 0 Å². The second-order valence-corrected chi connectivity index (χ2v) is 5.73. The van der Waals surface area contributed by atoms with Crippen molar-refractivity contribution in [2.45, 2.75) is 18.9 Å². The zero-order valence-electron chi connectivity index (χ0n) is 14.2. The van der Waals surface area contributed by atoms with Gasteiger partial charge < -0.3 is 10.2 Å². The highest BCUT2D eigenvalue weighted by molar-refractivity contribution is 5.94. The Kier molecular flexibility index (Phi) is 6.73. The topological polar surface area (TPSA) is 73.2 Å². The van der Waals surface area contributed by atoms with Crippen LogP contribution in [0.3, 0.4) is 0 Å². The zero-order valence-corrected chi connectivity index (χ0v) is 14.2. The predicted molar refractivity (Wildman–Crippen MR) is 95.6 cm³/mol. The maximum Gasteiger partial charge on any atom is 0.251 e. The van der Waals surface area contributed by atoms with Crippen molar-refractivity contribution in [1.82, 2.24) is 10.2 Å². The van der Waals surface area contributed by atoms with Crippen LogP contribution in [0.4, 0.5) is 0 Å². The van der Waals surface area contributed by atoms with Crippen LogP contribution in [-0.4, -0.2) is 30.3 Å². The fraction of sp³-hybridized carbons (Fsp3) is 0.250. The van der Waals surface area contributed by atoms with Crippen LogP contribution >= 0.6 is 0 Å². The summed E-state index contributed by atoms with van der Waals surface area (Å²) in [5, 5.41) is 11.6. The van der Waals surface area contributed by atoms with Gasteiger partial charge in [0, 0.05) is 19.2 Å². The Bertz CT molecular complexity index is 739. The molecule has 0 fully saturated rings. The van der Waals surface area contributed by atoms with Crippen LogP contribution in [0.2, 0.25) is 0 Å². The van der Waals surface area contributed by atoms with E-state index in [9.17, 15) is 9.59 Å². The summed E-state index contributed by atoms with van der Waals surface area (Å²) < 4.78 is 0. The fourth-order valence-electron chi connectivity index (χ4n) is 2.44. The fourth-order valence-corrected chi connectivity index (χ4v) is 2.44. The molecule has 2 rings (SSSR count). The number of hydrogen-bond donors (Lipinski definition) is 1. The Morgan fingerprint density at radius 1 is 1.08 bits per heavy atom. The third kappa shape index (κ3) is 5.47. The molecule has 0 aliphatic heterocycles. The minimum atomic E-state index is -0.425. The Morgan fingerprint density at radius 2 is 1.68 bits per heavy atom. The number of nitrogens with one attached hydrogen (secondary N) is 1. The molecular weight excluding hydrogens is 314 g/mol. The largest absolute Gasteiger partial charge is 0.345 e. The highest BCUT2D eigenvalue weighted by Crippen LogP contribution is 2.18. The van der Waals surface area contributed by atoms with Crippen molar-refractivity contribution in [2.24, 2.45) is 0 Å². The number of carbonyl (C=O) groups excluding carboxylic acids is 2. The minimum Gasteiger partial charge on any atom is -0.345 e. The lowest BCUT2D eigenvalue weighted by Crippen LogP contribution is -2.35. The average Bonchev–Trinajstić information content (AvgIpc) is 2.66. The molecule has 2 aromatic carbocycles. The lowest BCUT2D eigenvalue weighted by molar-refractivity contribution is -0.130. The molecule has 0 saturated carbocycles. The molecule has 5 heteroatoms. The highest BCUT2D eigenvalue weighted by atomic mass is 16.2. The van der Waals surface area contributed by atoms with Gasteiger partial charge in [-0.3, -0.25) is 9.59 Å². The molecule has 2 aromatic rings. The van der Waals surface area contributed by atoms with E-state index >= 15 is 0 Å². The monoisotopic (exact) mass is 335 g/mol. The highest BCUT2D eigenvalue weighted by Gasteiger charge is 2.21. The summed E-state index contributed by atoms with van der Waals surface area (Å²) >= 11 is 0. The van der Waals surface area contributed by atoms with E-state index in [1.54, 1.807) is 31.3 Å². The van der Waals surface area contributed by atoms with E-state index in [2.05, 4.69) is 5.32 Å². The number of carbonyl (C=O) groups is 2. The van der Waals surface area contributed by atoms with Gasteiger partial charge in [-0.25, -0.2) is 0 Å². The molecule has 0 aromatic heterocycles. The van der Waals surface area contributed by atoms with Gasteiger partial charge in [-0.2, -0.15) is 5.26 Å². The van der Waals surface area contributed by atoms with E-state index in [1.165, 1.54) is 4.90 Å².